The molecule has 0 aliphatic heterocycles. The van der Waals surface area contributed by atoms with Gasteiger partial charge < -0.3 is 5.32 Å². The Bertz CT molecular complexity index is 1370. The fourth-order valence-electron chi connectivity index (χ4n) is 3.84. The zero-order valence-corrected chi connectivity index (χ0v) is 20.1. The summed E-state index contributed by atoms with van der Waals surface area (Å²) in [5.41, 5.74) is -0.826. The molecule has 2 aromatic carbocycles. The first kappa shape index (κ1) is 26.3. The van der Waals surface area contributed by atoms with E-state index in [0.717, 1.165) is 18.3 Å². The monoisotopic (exact) mass is 562 g/mol. The number of halogens is 8. The highest BCUT2D eigenvalue weighted by Gasteiger charge is 2.67. The van der Waals surface area contributed by atoms with E-state index in [0.29, 0.717) is 6.07 Å². The molecule has 1 saturated carbocycles. The smallest absolute Gasteiger partial charge is 0.266 e. The Morgan fingerprint density at radius 1 is 1.03 bits per heavy atom. The summed E-state index contributed by atoms with van der Waals surface area (Å²) in [5.74, 6) is -6.28. The maximum atomic E-state index is 14.0. The Hall–Kier alpha value is -2.75. The van der Waals surface area contributed by atoms with Crippen molar-refractivity contribution in [2.75, 3.05) is 5.32 Å². The van der Waals surface area contributed by atoms with E-state index in [1.165, 1.54) is 24.3 Å². The van der Waals surface area contributed by atoms with Crippen molar-refractivity contribution in [3.63, 3.8) is 0 Å². The van der Waals surface area contributed by atoms with Crippen LogP contribution >= 0.6 is 34.8 Å². The van der Waals surface area contributed by atoms with Crippen molar-refractivity contribution in [3.8, 4) is 0 Å². The van der Waals surface area contributed by atoms with Crippen molar-refractivity contribution >= 4 is 52.2 Å². The molecule has 1 amide bonds. The number of carbonyl (C=O) groups excluding carboxylic acids is 2. The van der Waals surface area contributed by atoms with Crippen molar-refractivity contribution in [1.82, 2.24) is 4.98 Å². The molecular weight excluding hydrogens is 550 g/mol. The fourth-order valence-corrected chi connectivity index (χ4v) is 4.89. The van der Waals surface area contributed by atoms with Gasteiger partial charge in [0.15, 0.2) is 5.78 Å². The molecule has 4 nitrogen and oxygen atoms in total. The van der Waals surface area contributed by atoms with Gasteiger partial charge in [-0.25, -0.2) is 22.0 Å². The Morgan fingerprint density at radius 2 is 1.75 bits per heavy atom. The SMILES string of the molecule is O=C(Cc1ncc(F)cc1F)c1cc(NC(=O)C2C(c3ccc(C(F)F)c(F)c3)C2(Cl)Cl)ccc1Cl. The average molecular weight is 564 g/mol. The van der Waals surface area contributed by atoms with E-state index >= 15 is 0 Å². The first-order chi connectivity index (χ1) is 16.9. The lowest BCUT2D eigenvalue weighted by Crippen LogP contribution is -2.17. The van der Waals surface area contributed by atoms with Gasteiger partial charge in [0.05, 0.1) is 34.8 Å². The highest BCUT2D eigenvalue weighted by Crippen LogP contribution is 2.65. The van der Waals surface area contributed by atoms with E-state index in [2.05, 4.69) is 10.3 Å². The molecule has 188 valence electrons. The number of pyridine rings is 1. The minimum absolute atomic E-state index is 0.0171. The van der Waals surface area contributed by atoms with Gasteiger partial charge in [-0.05, 0) is 29.8 Å². The molecular formula is C24H14Cl3F5N2O2. The first-order valence-electron chi connectivity index (χ1n) is 10.3. The van der Waals surface area contributed by atoms with Gasteiger partial charge in [0.25, 0.3) is 6.43 Å². The maximum absolute atomic E-state index is 14.0. The molecule has 2 unspecified atom stereocenters. The normalized spacial score (nSPS) is 18.2. The van der Waals surface area contributed by atoms with Crippen LogP contribution in [0.5, 0.6) is 0 Å². The molecule has 0 saturated heterocycles. The largest absolute Gasteiger partial charge is 0.326 e. The van der Waals surface area contributed by atoms with Crippen LogP contribution in [0.3, 0.4) is 0 Å². The van der Waals surface area contributed by atoms with Gasteiger partial charge >= 0.3 is 0 Å². The molecule has 1 N–H and O–H groups in total. The Kier molecular flexibility index (Phi) is 7.28. The third-order valence-electron chi connectivity index (χ3n) is 5.70. The van der Waals surface area contributed by atoms with Gasteiger partial charge in [0.1, 0.15) is 21.8 Å². The van der Waals surface area contributed by atoms with Crippen LogP contribution in [0.25, 0.3) is 0 Å². The molecule has 1 aliphatic carbocycles. The predicted octanol–water partition coefficient (Wildman–Crippen LogP) is 7.04. The summed E-state index contributed by atoms with van der Waals surface area (Å²) in [6.07, 6.45) is -2.75. The Labute approximate surface area is 216 Å². The molecule has 1 aliphatic rings. The third-order valence-corrected chi connectivity index (χ3v) is 6.97. The number of rotatable bonds is 7. The zero-order chi connectivity index (χ0) is 26.4. The van der Waals surface area contributed by atoms with Crippen LogP contribution in [0.2, 0.25) is 5.02 Å². The second kappa shape index (κ2) is 9.95. The number of nitrogens with zero attached hydrogens (tertiary/aromatic N) is 1. The number of hydrogen-bond donors (Lipinski definition) is 1. The molecule has 36 heavy (non-hydrogen) atoms. The highest BCUT2D eigenvalue weighted by atomic mass is 35.5. The number of amides is 1. The number of hydrogen-bond acceptors (Lipinski definition) is 3. The van der Waals surface area contributed by atoms with Crippen LogP contribution < -0.4 is 5.32 Å². The van der Waals surface area contributed by atoms with E-state index in [9.17, 15) is 31.5 Å². The number of alkyl halides is 4. The fraction of sp³-hybridized carbons (Fsp3) is 0.208. The van der Waals surface area contributed by atoms with Crippen molar-refractivity contribution in [3.05, 3.63) is 93.5 Å². The highest BCUT2D eigenvalue weighted by molar-refractivity contribution is 6.53. The summed E-state index contributed by atoms with van der Waals surface area (Å²) in [5, 5.41) is 2.55. The lowest BCUT2D eigenvalue weighted by molar-refractivity contribution is -0.117. The second-order valence-electron chi connectivity index (χ2n) is 8.08. The summed E-state index contributed by atoms with van der Waals surface area (Å²) in [6, 6.07) is 7.56. The Morgan fingerprint density at radius 3 is 2.39 bits per heavy atom. The number of Topliss-reactive ketones (excluding diaryl/α,β-unsaturated/α-hetero) is 1. The molecule has 1 fully saturated rings. The van der Waals surface area contributed by atoms with E-state index in [4.69, 9.17) is 34.8 Å². The molecule has 2 atom stereocenters. The van der Waals surface area contributed by atoms with Crippen molar-refractivity contribution in [2.45, 2.75) is 23.1 Å². The van der Waals surface area contributed by atoms with Crippen molar-refractivity contribution in [1.29, 1.82) is 0 Å². The van der Waals surface area contributed by atoms with E-state index in [1.807, 2.05) is 0 Å². The van der Waals surface area contributed by atoms with Crippen LogP contribution in [0.4, 0.5) is 27.6 Å². The third kappa shape index (κ3) is 5.19. The number of aromatic nitrogens is 1. The standard InChI is InChI=1S/C24H14Cl3F5N2O2/c25-15-4-2-12(7-14(15)19(35)8-18-17(30)6-11(28)9-33-18)34-23(36)21-20(24(21,26)27)10-1-3-13(22(31)32)16(29)5-10/h1-7,9,20-22H,8H2,(H,34,36). The molecule has 4 rings (SSSR count). The van der Waals surface area contributed by atoms with E-state index in [-0.39, 0.29) is 27.5 Å². The molecule has 1 aromatic heterocycles. The molecule has 0 radical (unpaired) electrons. The minimum atomic E-state index is -3.01. The first-order valence-corrected chi connectivity index (χ1v) is 11.4. The summed E-state index contributed by atoms with van der Waals surface area (Å²) in [7, 11) is 0. The average Bonchev–Trinajstić information content (AvgIpc) is 3.38. The summed E-state index contributed by atoms with van der Waals surface area (Å²) < 4.78 is 65.0. The number of benzene rings is 2. The van der Waals surface area contributed by atoms with Gasteiger partial charge in [-0.15, -0.1) is 23.2 Å². The lowest BCUT2D eigenvalue weighted by Gasteiger charge is -2.09. The number of carbonyl (C=O) groups is 2. The van der Waals surface area contributed by atoms with Gasteiger partial charge in [0.2, 0.25) is 5.91 Å². The van der Waals surface area contributed by atoms with Crippen molar-refractivity contribution < 1.29 is 31.5 Å². The van der Waals surface area contributed by atoms with Gasteiger partial charge in [-0.2, -0.15) is 0 Å². The van der Waals surface area contributed by atoms with Gasteiger partial charge in [-0.3, -0.25) is 14.6 Å². The maximum Gasteiger partial charge on any atom is 0.266 e. The summed E-state index contributed by atoms with van der Waals surface area (Å²) in [6.45, 7) is 0. The van der Waals surface area contributed by atoms with Crippen molar-refractivity contribution in [2.24, 2.45) is 5.92 Å². The number of anilines is 1. The lowest BCUT2D eigenvalue weighted by atomic mass is 10.0. The molecule has 12 heteroatoms. The van der Waals surface area contributed by atoms with Crippen LogP contribution in [-0.4, -0.2) is 21.0 Å². The summed E-state index contributed by atoms with van der Waals surface area (Å²) >= 11 is 18.6. The molecule has 0 spiro atoms. The number of nitrogens with one attached hydrogen (secondary N) is 1. The predicted molar refractivity (Wildman–Crippen MR) is 124 cm³/mol. The van der Waals surface area contributed by atoms with Crippen LogP contribution in [-0.2, 0) is 11.2 Å². The van der Waals surface area contributed by atoms with Crippen LogP contribution in [0, 0.1) is 23.4 Å². The topological polar surface area (TPSA) is 59.1 Å². The second-order valence-corrected chi connectivity index (χ2v) is 9.93. The van der Waals surface area contributed by atoms with Gasteiger partial charge in [0, 0.05) is 23.2 Å². The molecule has 0 bridgehead atoms. The zero-order valence-electron chi connectivity index (χ0n) is 17.8. The molecule has 3 aromatic rings. The molecule has 1 heterocycles. The van der Waals surface area contributed by atoms with Crippen LogP contribution in [0.1, 0.15) is 39.5 Å². The van der Waals surface area contributed by atoms with E-state index < -0.39 is 63.7 Å². The van der Waals surface area contributed by atoms with Gasteiger partial charge in [-0.1, -0.05) is 23.7 Å². The van der Waals surface area contributed by atoms with Crippen LogP contribution in [0.15, 0.2) is 48.7 Å². The quantitative estimate of drug-likeness (QED) is 0.191. The number of ketones is 1. The Balaban J connectivity index is 1.50. The summed E-state index contributed by atoms with van der Waals surface area (Å²) in [4.78, 5) is 29.1. The minimum Gasteiger partial charge on any atom is -0.326 e. The van der Waals surface area contributed by atoms with E-state index in [1.54, 1.807) is 0 Å².